The molecule has 0 bridgehead atoms. The van der Waals surface area contributed by atoms with Crippen molar-refractivity contribution in [2.45, 2.75) is 12.6 Å². The molecule has 1 aliphatic rings. The van der Waals surface area contributed by atoms with E-state index in [0.717, 1.165) is 11.1 Å². The first-order chi connectivity index (χ1) is 13.0. The van der Waals surface area contributed by atoms with Crippen molar-refractivity contribution in [2.75, 3.05) is 0 Å². The van der Waals surface area contributed by atoms with E-state index >= 15 is 0 Å². The van der Waals surface area contributed by atoms with Gasteiger partial charge in [-0.25, -0.2) is 19.8 Å². The zero-order valence-corrected chi connectivity index (χ0v) is 14.2. The third-order valence-corrected chi connectivity index (χ3v) is 4.11. The number of benzene rings is 2. The molecule has 0 saturated heterocycles. The number of hydrogen-bond acceptors (Lipinski definition) is 7. The highest BCUT2D eigenvalue weighted by atomic mass is 16.5. The molecular formula is C19H14N4O4. The molecule has 2 N–H and O–H groups in total. The fourth-order valence-corrected chi connectivity index (χ4v) is 2.78. The normalized spacial score (nSPS) is 17.5. The van der Waals surface area contributed by atoms with Crippen LogP contribution in [0.4, 0.5) is 4.79 Å². The summed E-state index contributed by atoms with van der Waals surface area (Å²) >= 11 is 0. The predicted octanol–water partition coefficient (Wildman–Crippen LogP) is 1.41. The summed E-state index contributed by atoms with van der Waals surface area (Å²) in [4.78, 5) is 36.1. The van der Waals surface area contributed by atoms with Crippen LogP contribution in [0, 0.1) is 6.92 Å². The average Bonchev–Trinajstić information content (AvgIpc) is 3.28. The third kappa shape index (κ3) is 2.86. The van der Waals surface area contributed by atoms with E-state index < -0.39 is 11.8 Å². The number of rotatable bonds is 4. The molecule has 8 heteroatoms. The number of para-hydroxylation sites is 1. The Kier molecular flexibility index (Phi) is 3.80. The summed E-state index contributed by atoms with van der Waals surface area (Å²) in [6, 6.07) is 12.4. The van der Waals surface area contributed by atoms with Crippen LogP contribution in [0.25, 0.3) is 11.5 Å². The largest absolute Gasteiger partial charge is 0.444 e. The van der Waals surface area contributed by atoms with Crippen molar-refractivity contribution in [3.05, 3.63) is 70.7 Å². The van der Waals surface area contributed by atoms with E-state index in [1.54, 1.807) is 12.1 Å². The highest BCUT2D eigenvalue weighted by Gasteiger charge is 2.37. The lowest BCUT2D eigenvalue weighted by molar-refractivity contribution is -0.112. The highest BCUT2D eigenvalue weighted by Crippen LogP contribution is 2.29. The Morgan fingerprint density at radius 1 is 1.19 bits per heavy atom. The number of nitrogens with two attached hydrogens (primary N) is 1. The van der Waals surface area contributed by atoms with Gasteiger partial charge < -0.3 is 14.9 Å². The van der Waals surface area contributed by atoms with E-state index in [9.17, 15) is 9.59 Å². The second-order valence-electron chi connectivity index (χ2n) is 6.02. The minimum absolute atomic E-state index is 0.120. The Hall–Kier alpha value is -3.81. The number of carbonyl (C=O) groups excluding carboxylic acids is 2. The van der Waals surface area contributed by atoms with Gasteiger partial charge in [0.15, 0.2) is 12.0 Å². The van der Waals surface area contributed by atoms with Crippen molar-refractivity contribution < 1.29 is 18.7 Å². The molecule has 8 nitrogen and oxygen atoms in total. The van der Waals surface area contributed by atoms with Gasteiger partial charge in [0.25, 0.3) is 5.66 Å². The lowest BCUT2D eigenvalue weighted by Crippen LogP contribution is -2.27. The lowest BCUT2D eigenvalue weighted by atomic mass is 10.1. The standard InChI is InChI=1S/C19H14N4O4/c1-11-5-7-12(8-6-11)17-21-15(9-26-17)19(10-24)22-13-3-2-4-14(16(13)23-19)27-18(20)25/h2-10H,1H3,(H2,20,25). The van der Waals surface area contributed by atoms with Gasteiger partial charge in [-0.2, -0.15) is 0 Å². The second kappa shape index (κ2) is 6.17. The van der Waals surface area contributed by atoms with Crippen molar-refractivity contribution in [1.82, 2.24) is 4.98 Å². The molecule has 4 rings (SSSR count). The molecule has 2 heterocycles. The quantitative estimate of drug-likeness (QED) is 0.704. The molecule has 1 amide bonds. The number of fused-ring (bicyclic) bond motifs is 1. The molecule has 0 fully saturated rings. The van der Waals surface area contributed by atoms with E-state index in [1.165, 1.54) is 12.3 Å². The Bertz CT molecular complexity index is 1170. The summed E-state index contributed by atoms with van der Waals surface area (Å²) in [7, 11) is 0. The Morgan fingerprint density at radius 2 is 1.96 bits per heavy atom. The van der Waals surface area contributed by atoms with Gasteiger partial charge in [-0.3, -0.25) is 4.79 Å². The summed E-state index contributed by atoms with van der Waals surface area (Å²) < 4.78 is 10.5. The van der Waals surface area contributed by atoms with E-state index in [4.69, 9.17) is 14.9 Å². The SMILES string of the molecule is Cc1ccc(-c2nc(C3(C=O)N=c4cccc(OC(N)=O)c4=N3)co2)cc1. The van der Waals surface area contributed by atoms with E-state index in [-0.39, 0.29) is 16.8 Å². The molecular weight excluding hydrogens is 348 g/mol. The maximum Gasteiger partial charge on any atom is 0.410 e. The summed E-state index contributed by atoms with van der Waals surface area (Å²) in [6.07, 6.45) is 0.930. The van der Waals surface area contributed by atoms with Crippen LogP contribution in [0.1, 0.15) is 11.3 Å². The first kappa shape index (κ1) is 16.6. The van der Waals surface area contributed by atoms with Gasteiger partial charge in [0.2, 0.25) is 5.89 Å². The van der Waals surface area contributed by atoms with E-state index in [2.05, 4.69) is 15.0 Å². The maximum atomic E-state index is 11.9. The number of aryl methyl sites for hydroxylation is 1. The minimum Gasteiger partial charge on any atom is -0.444 e. The fourth-order valence-electron chi connectivity index (χ4n) is 2.78. The van der Waals surface area contributed by atoms with Crippen LogP contribution >= 0.6 is 0 Å². The Balaban J connectivity index is 1.80. The van der Waals surface area contributed by atoms with Gasteiger partial charge in [-0.05, 0) is 31.2 Å². The number of ether oxygens (including phenoxy) is 1. The Morgan fingerprint density at radius 3 is 2.67 bits per heavy atom. The van der Waals surface area contributed by atoms with Crippen LogP contribution in [0.15, 0.2) is 63.1 Å². The topological polar surface area (TPSA) is 120 Å². The fraction of sp³-hybridized carbons (Fsp3) is 0.105. The molecule has 1 atom stereocenters. The van der Waals surface area contributed by atoms with Crippen LogP contribution in [0.2, 0.25) is 0 Å². The molecule has 0 saturated carbocycles. The molecule has 134 valence electrons. The van der Waals surface area contributed by atoms with Gasteiger partial charge in [-0.15, -0.1) is 0 Å². The summed E-state index contributed by atoms with van der Waals surface area (Å²) in [5.74, 6) is 0.468. The van der Waals surface area contributed by atoms with Crippen molar-refractivity contribution >= 4 is 12.4 Å². The Labute approximate surface area is 153 Å². The predicted molar refractivity (Wildman–Crippen MR) is 93.4 cm³/mol. The summed E-state index contributed by atoms with van der Waals surface area (Å²) in [5.41, 5.74) is 5.57. The molecule has 0 spiro atoms. The molecule has 1 aliphatic heterocycles. The number of oxazole rings is 1. The van der Waals surface area contributed by atoms with Crippen molar-refractivity contribution in [3.8, 4) is 17.2 Å². The van der Waals surface area contributed by atoms with Gasteiger partial charge >= 0.3 is 6.09 Å². The number of amides is 1. The molecule has 0 radical (unpaired) electrons. The third-order valence-electron chi connectivity index (χ3n) is 4.11. The average molecular weight is 362 g/mol. The number of primary amides is 1. The van der Waals surface area contributed by atoms with Gasteiger partial charge in [0.05, 0.1) is 5.36 Å². The van der Waals surface area contributed by atoms with Crippen LogP contribution in [-0.4, -0.2) is 17.4 Å². The molecule has 1 aromatic heterocycles. The summed E-state index contributed by atoms with van der Waals surface area (Å²) in [5, 5.41) is 0.643. The molecule has 0 aliphatic carbocycles. The van der Waals surface area contributed by atoms with Crippen LogP contribution < -0.4 is 21.2 Å². The van der Waals surface area contributed by atoms with Crippen molar-refractivity contribution in [1.29, 1.82) is 0 Å². The van der Waals surface area contributed by atoms with Crippen LogP contribution in [0.5, 0.6) is 5.75 Å². The second-order valence-corrected chi connectivity index (χ2v) is 6.02. The molecule has 3 aromatic rings. The monoisotopic (exact) mass is 362 g/mol. The number of carbonyl (C=O) groups is 2. The van der Waals surface area contributed by atoms with Crippen molar-refractivity contribution in [3.63, 3.8) is 0 Å². The number of hydrogen-bond donors (Lipinski definition) is 1. The highest BCUT2D eigenvalue weighted by molar-refractivity contribution is 5.69. The number of aromatic nitrogens is 1. The zero-order valence-electron chi connectivity index (χ0n) is 14.2. The molecule has 27 heavy (non-hydrogen) atoms. The number of nitrogens with zero attached hydrogens (tertiary/aromatic N) is 3. The zero-order chi connectivity index (χ0) is 19.0. The van der Waals surface area contributed by atoms with Gasteiger partial charge in [0, 0.05) is 5.56 Å². The van der Waals surface area contributed by atoms with E-state index in [0.29, 0.717) is 17.5 Å². The molecule has 1 unspecified atom stereocenters. The number of aldehydes is 1. The summed E-state index contributed by atoms with van der Waals surface area (Å²) in [6.45, 7) is 1.98. The van der Waals surface area contributed by atoms with Crippen LogP contribution in [0.3, 0.4) is 0 Å². The van der Waals surface area contributed by atoms with Crippen LogP contribution in [-0.2, 0) is 10.5 Å². The van der Waals surface area contributed by atoms with Crippen molar-refractivity contribution in [2.24, 2.45) is 15.7 Å². The first-order valence-electron chi connectivity index (χ1n) is 8.06. The van der Waals surface area contributed by atoms with Gasteiger partial charge in [0.1, 0.15) is 17.3 Å². The molecule has 2 aromatic carbocycles. The minimum atomic E-state index is -1.61. The van der Waals surface area contributed by atoms with E-state index in [1.807, 2.05) is 31.2 Å². The first-order valence-corrected chi connectivity index (χ1v) is 8.06. The van der Waals surface area contributed by atoms with Gasteiger partial charge in [-0.1, -0.05) is 23.8 Å². The lowest BCUT2D eigenvalue weighted by Gasteiger charge is -2.11. The maximum absolute atomic E-state index is 11.9. The smallest absolute Gasteiger partial charge is 0.410 e.